The first-order chi connectivity index (χ1) is 8.88. The molecule has 2 rings (SSSR count). The number of nitrogens with zero attached hydrogens (tertiary/aromatic N) is 2. The predicted octanol–water partition coefficient (Wildman–Crippen LogP) is 0.917. The molecular formula is C12H21N3O3. The van der Waals surface area contributed by atoms with E-state index in [1.807, 2.05) is 0 Å². The van der Waals surface area contributed by atoms with Gasteiger partial charge in [-0.15, -0.1) is 0 Å². The van der Waals surface area contributed by atoms with E-state index in [9.17, 15) is 0 Å². The number of nitrogens with one attached hydrogen (secondary N) is 1. The van der Waals surface area contributed by atoms with Crippen LogP contribution in [0.3, 0.4) is 0 Å². The molecule has 2 heterocycles. The molecule has 1 N–H and O–H groups in total. The van der Waals surface area contributed by atoms with E-state index in [4.69, 9.17) is 14.0 Å². The minimum atomic E-state index is 0.255. The highest BCUT2D eigenvalue weighted by Crippen LogP contribution is 2.15. The van der Waals surface area contributed by atoms with E-state index in [-0.39, 0.29) is 6.10 Å². The van der Waals surface area contributed by atoms with Gasteiger partial charge in [0.15, 0.2) is 5.82 Å². The average molecular weight is 255 g/mol. The third-order valence-electron chi connectivity index (χ3n) is 2.95. The summed E-state index contributed by atoms with van der Waals surface area (Å²) in [5.41, 5.74) is 0. The molecule has 18 heavy (non-hydrogen) atoms. The van der Waals surface area contributed by atoms with Crippen LogP contribution >= 0.6 is 0 Å². The van der Waals surface area contributed by atoms with E-state index < -0.39 is 0 Å². The minimum absolute atomic E-state index is 0.255. The largest absolute Gasteiger partial charge is 0.383 e. The van der Waals surface area contributed by atoms with Crippen molar-refractivity contribution in [3.05, 3.63) is 11.7 Å². The van der Waals surface area contributed by atoms with Gasteiger partial charge in [0, 0.05) is 26.7 Å². The first kappa shape index (κ1) is 13.5. The zero-order chi connectivity index (χ0) is 12.6. The fourth-order valence-electron chi connectivity index (χ4n) is 1.99. The molecular weight excluding hydrogens is 234 g/mol. The molecule has 0 aromatic carbocycles. The fraction of sp³-hybridized carbons (Fsp3) is 0.833. The van der Waals surface area contributed by atoms with Gasteiger partial charge >= 0.3 is 0 Å². The maximum atomic E-state index is 5.65. The maximum absolute atomic E-state index is 5.65. The third-order valence-corrected chi connectivity index (χ3v) is 2.95. The summed E-state index contributed by atoms with van der Waals surface area (Å²) in [5.74, 6) is 1.36. The van der Waals surface area contributed by atoms with Crippen molar-refractivity contribution in [1.82, 2.24) is 15.5 Å². The smallest absolute Gasteiger partial charge is 0.240 e. The van der Waals surface area contributed by atoms with Crippen LogP contribution in [0.1, 0.15) is 31.0 Å². The van der Waals surface area contributed by atoms with Gasteiger partial charge in [-0.3, -0.25) is 0 Å². The highest BCUT2D eigenvalue weighted by molar-refractivity contribution is 4.89. The Kier molecular flexibility index (Phi) is 5.57. The van der Waals surface area contributed by atoms with E-state index >= 15 is 0 Å². The summed E-state index contributed by atoms with van der Waals surface area (Å²) < 4.78 is 15.8. The van der Waals surface area contributed by atoms with Gasteiger partial charge in [0.2, 0.25) is 5.89 Å². The molecule has 0 bridgehead atoms. The molecule has 1 aliphatic heterocycles. The maximum Gasteiger partial charge on any atom is 0.240 e. The number of aromatic nitrogens is 2. The lowest BCUT2D eigenvalue weighted by molar-refractivity contribution is 0.0153. The lowest BCUT2D eigenvalue weighted by Gasteiger charge is -2.20. The molecule has 1 unspecified atom stereocenters. The monoisotopic (exact) mass is 255 g/mol. The van der Waals surface area contributed by atoms with Crippen molar-refractivity contribution >= 4 is 0 Å². The molecule has 0 spiro atoms. The molecule has 1 atom stereocenters. The normalized spacial score (nSPS) is 20.2. The Morgan fingerprint density at radius 2 is 2.39 bits per heavy atom. The SMILES string of the molecule is COCCNCc1nc(CC2CCCCO2)no1. The molecule has 102 valence electrons. The third kappa shape index (κ3) is 4.36. The number of ether oxygens (including phenoxy) is 2. The van der Waals surface area contributed by atoms with Gasteiger partial charge < -0.3 is 19.3 Å². The number of hydrogen-bond donors (Lipinski definition) is 1. The van der Waals surface area contributed by atoms with E-state index in [0.717, 1.165) is 38.2 Å². The molecule has 0 radical (unpaired) electrons. The Morgan fingerprint density at radius 3 is 3.17 bits per heavy atom. The van der Waals surface area contributed by atoms with Crippen LogP contribution in [0.25, 0.3) is 0 Å². The van der Waals surface area contributed by atoms with Crippen molar-refractivity contribution in [3.63, 3.8) is 0 Å². The summed E-state index contributed by atoms with van der Waals surface area (Å²) in [7, 11) is 1.68. The second kappa shape index (κ2) is 7.45. The second-order valence-electron chi connectivity index (χ2n) is 4.47. The Hall–Kier alpha value is -0.980. The first-order valence-electron chi connectivity index (χ1n) is 6.51. The Labute approximate surface area is 107 Å². The van der Waals surface area contributed by atoms with Gasteiger partial charge in [-0.25, -0.2) is 0 Å². The van der Waals surface area contributed by atoms with Gasteiger partial charge in [0.25, 0.3) is 0 Å². The van der Waals surface area contributed by atoms with Gasteiger partial charge in [0.05, 0.1) is 19.3 Å². The lowest BCUT2D eigenvalue weighted by atomic mass is 10.1. The second-order valence-corrected chi connectivity index (χ2v) is 4.47. The van der Waals surface area contributed by atoms with E-state index in [0.29, 0.717) is 19.0 Å². The molecule has 1 saturated heterocycles. The molecule has 0 amide bonds. The lowest BCUT2D eigenvalue weighted by Crippen LogP contribution is -2.22. The van der Waals surface area contributed by atoms with Crippen molar-refractivity contribution in [2.45, 2.75) is 38.3 Å². The van der Waals surface area contributed by atoms with Crippen LogP contribution in [0.2, 0.25) is 0 Å². The van der Waals surface area contributed by atoms with Crippen LogP contribution in [0.5, 0.6) is 0 Å². The highest BCUT2D eigenvalue weighted by Gasteiger charge is 2.17. The van der Waals surface area contributed by atoms with Crippen LogP contribution in [0.15, 0.2) is 4.52 Å². The molecule has 1 fully saturated rings. The summed E-state index contributed by atoms with van der Waals surface area (Å²) in [4.78, 5) is 4.34. The van der Waals surface area contributed by atoms with Crippen LogP contribution < -0.4 is 5.32 Å². The molecule has 0 saturated carbocycles. The molecule has 0 aliphatic carbocycles. The summed E-state index contributed by atoms with van der Waals surface area (Å²) in [6, 6.07) is 0. The van der Waals surface area contributed by atoms with E-state index in [1.54, 1.807) is 7.11 Å². The van der Waals surface area contributed by atoms with Gasteiger partial charge in [-0.2, -0.15) is 4.98 Å². The van der Waals surface area contributed by atoms with Crippen molar-refractivity contribution < 1.29 is 14.0 Å². The first-order valence-corrected chi connectivity index (χ1v) is 6.51. The zero-order valence-corrected chi connectivity index (χ0v) is 10.9. The van der Waals surface area contributed by atoms with Crippen molar-refractivity contribution in [3.8, 4) is 0 Å². The highest BCUT2D eigenvalue weighted by atomic mass is 16.5. The molecule has 1 aliphatic rings. The van der Waals surface area contributed by atoms with Gasteiger partial charge in [-0.1, -0.05) is 5.16 Å². The van der Waals surface area contributed by atoms with Crippen LogP contribution in [-0.2, 0) is 22.4 Å². The Bertz CT molecular complexity index is 337. The summed E-state index contributed by atoms with van der Waals surface area (Å²) >= 11 is 0. The fourth-order valence-corrected chi connectivity index (χ4v) is 1.99. The van der Waals surface area contributed by atoms with E-state index in [1.165, 1.54) is 6.42 Å². The Balaban J connectivity index is 1.71. The quantitative estimate of drug-likeness (QED) is 0.731. The molecule has 6 nitrogen and oxygen atoms in total. The average Bonchev–Trinajstić information content (AvgIpc) is 2.84. The van der Waals surface area contributed by atoms with E-state index in [2.05, 4.69) is 15.5 Å². The van der Waals surface area contributed by atoms with Crippen LogP contribution in [0, 0.1) is 0 Å². The summed E-state index contributed by atoms with van der Waals surface area (Å²) in [6.07, 6.45) is 4.49. The standard InChI is InChI=1S/C12H21N3O3/c1-16-7-5-13-9-12-14-11(15-18-12)8-10-4-2-3-6-17-10/h10,13H,2-9H2,1H3. The van der Waals surface area contributed by atoms with Crippen molar-refractivity contribution in [1.29, 1.82) is 0 Å². The van der Waals surface area contributed by atoms with Crippen molar-refractivity contribution in [2.24, 2.45) is 0 Å². The number of methoxy groups -OCH3 is 1. The van der Waals surface area contributed by atoms with Gasteiger partial charge in [-0.05, 0) is 19.3 Å². The molecule has 1 aromatic heterocycles. The summed E-state index contributed by atoms with van der Waals surface area (Å²) in [5, 5.41) is 7.14. The minimum Gasteiger partial charge on any atom is -0.383 e. The van der Waals surface area contributed by atoms with Crippen LogP contribution in [-0.4, -0.2) is 43.1 Å². The summed E-state index contributed by atoms with van der Waals surface area (Å²) in [6.45, 7) is 2.90. The number of rotatable bonds is 7. The van der Waals surface area contributed by atoms with Gasteiger partial charge in [0.1, 0.15) is 0 Å². The van der Waals surface area contributed by atoms with Crippen molar-refractivity contribution in [2.75, 3.05) is 26.9 Å². The zero-order valence-electron chi connectivity index (χ0n) is 10.9. The molecule has 1 aromatic rings. The predicted molar refractivity (Wildman–Crippen MR) is 65.2 cm³/mol. The topological polar surface area (TPSA) is 69.4 Å². The Morgan fingerprint density at radius 1 is 1.44 bits per heavy atom. The van der Waals surface area contributed by atoms with Crippen LogP contribution in [0.4, 0.5) is 0 Å². The number of hydrogen-bond acceptors (Lipinski definition) is 6. The molecule has 6 heteroatoms.